The maximum absolute atomic E-state index is 5.46. The van der Waals surface area contributed by atoms with E-state index in [9.17, 15) is 0 Å². The van der Waals surface area contributed by atoms with Gasteiger partial charge in [0.2, 0.25) is 0 Å². The Morgan fingerprint density at radius 1 is 1.10 bits per heavy atom. The molecule has 0 unspecified atom stereocenters. The van der Waals surface area contributed by atoms with Crippen molar-refractivity contribution >= 4 is 24.0 Å². The lowest BCUT2D eigenvalue weighted by Gasteiger charge is -2.20. The van der Waals surface area contributed by atoms with E-state index in [1.807, 2.05) is 0 Å². The molecule has 1 aliphatic carbocycles. The third-order valence-electron chi connectivity index (χ3n) is 2.30. The van der Waals surface area contributed by atoms with Crippen molar-refractivity contribution in [3.05, 3.63) is 0 Å². The first-order valence-corrected chi connectivity index (χ1v) is 4.13. The summed E-state index contributed by atoms with van der Waals surface area (Å²) in [7, 11) is 0. The first-order valence-electron chi connectivity index (χ1n) is 4.13. The third kappa shape index (κ3) is 3.76. The molecular formula is C8H18IN. The Balaban J connectivity index is 0.000000810. The number of hydrogen-bond donors (Lipinski definition) is 1. The highest BCUT2D eigenvalue weighted by molar-refractivity contribution is 14.0. The third-order valence-corrected chi connectivity index (χ3v) is 2.30. The average Bonchev–Trinajstić information content (AvgIpc) is 1.91. The molecule has 0 atom stereocenters. The Kier molecular flexibility index (Phi) is 6.85. The van der Waals surface area contributed by atoms with Crippen molar-refractivity contribution in [1.82, 2.24) is 0 Å². The van der Waals surface area contributed by atoms with E-state index >= 15 is 0 Å². The van der Waals surface area contributed by atoms with Gasteiger partial charge in [0.25, 0.3) is 0 Å². The molecule has 1 rings (SSSR count). The van der Waals surface area contributed by atoms with Crippen molar-refractivity contribution < 1.29 is 0 Å². The van der Waals surface area contributed by atoms with Crippen molar-refractivity contribution in [3.63, 3.8) is 0 Å². The van der Waals surface area contributed by atoms with Gasteiger partial charge in [-0.15, -0.1) is 24.0 Å². The van der Waals surface area contributed by atoms with Gasteiger partial charge in [-0.3, -0.25) is 0 Å². The summed E-state index contributed by atoms with van der Waals surface area (Å²) in [5.41, 5.74) is 5.46. The van der Waals surface area contributed by atoms with Crippen LogP contribution in [-0.2, 0) is 0 Å². The minimum Gasteiger partial charge on any atom is -0.330 e. The highest BCUT2D eigenvalue weighted by atomic mass is 127. The van der Waals surface area contributed by atoms with Crippen molar-refractivity contribution in [1.29, 1.82) is 0 Å². The van der Waals surface area contributed by atoms with Crippen LogP contribution in [0, 0.1) is 5.92 Å². The van der Waals surface area contributed by atoms with Crippen LogP contribution in [-0.4, -0.2) is 6.54 Å². The molecule has 1 aliphatic rings. The Morgan fingerprint density at radius 2 is 1.70 bits per heavy atom. The van der Waals surface area contributed by atoms with E-state index in [-0.39, 0.29) is 24.0 Å². The second-order valence-electron chi connectivity index (χ2n) is 3.08. The molecule has 0 radical (unpaired) electrons. The lowest BCUT2D eigenvalue weighted by Crippen LogP contribution is -2.11. The summed E-state index contributed by atoms with van der Waals surface area (Å²) in [5.74, 6) is 0.976. The van der Waals surface area contributed by atoms with Gasteiger partial charge in [-0.2, -0.15) is 0 Å². The van der Waals surface area contributed by atoms with Crippen molar-refractivity contribution in [2.24, 2.45) is 11.7 Å². The Bertz CT molecular complexity index is 66.9. The summed E-state index contributed by atoms with van der Waals surface area (Å²) in [4.78, 5) is 0. The van der Waals surface area contributed by atoms with Gasteiger partial charge < -0.3 is 5.73 Å². The van der Waals surface area contributed by atoms with Crippen molar-refractivity contribution in [2.45, 2.75) is 38.5 Å². The van der Waals surface area contributed by atoms with E-state index in [1.165, 1.54) is 38.5 Å². The highest BCUT2D eigenvalue weighted by Crippen LogP contribution is 2.25. The van der Waals surface area contributed by atoms with Crippen LogP contribution in [0.25, 0.3) is 0 Å². The van der Waals surface area contributed by atoms with E-state index in [0.717, 1.165) is 12.5 Å². The number of rotatable bonds is 2. The van der Waals surface area contributed by atoms with Gasteiger partial charge in [0, 0.05) is 0 Å². The molecule has 0 aromatic rings. The fourth-order valence-corrected chi connectivity index (χ4v) is 1.71. The van der Waals surface area contributed by atoms with E-state index in [0.29, 0.717) is 0 Å². The summed E-state index contributed by atoms with van der Waals surface area (Å²) in [5, 5.41) is 0. The molecule has 10 heavy (non-hydrogen) atoms. The maximum atomic E-state index is 5.46. The van der Waals surface area contributed by atoms with E-state index in [2.05, 4.69) is 0 Å². The summed E-state index contributed by atoms with van der Waals surface area (Å²) in [6.07, 6.45) is 8.50. The minimum absolute atomic E-state index is 0. The van der Waals surface area contributed by atoms with Gasteiger partial charge >= 0.3 is 0 Å². The quantitative estimate of drug-likeness (QED) is 0.754. The second kappa shape index (κ2) is 6.40. The molecule has 0 aliphatic heterocycles. The monoisotopic (exact) mass is 255 g/mol. The number of hydrogen-bond acceptors (Lipinski definition) is 1. The fraction of sp³-hybridized carbons (Fsp3) is 1.00. The Labute approximate surface area is 80.8 Å². The van der Waals surface area contributed by atoms with Crippen LogP contribution < -0.4 is 5.73 Å². The molecular weight excluding hydrogens is 237 g/mol. The smallest absolute Gasteiger partial charge is 0.00746 e. The van der Waals surface area contributed by atoms with Gasteiger partial charge in [0.05, 0.1) is 0 Å². The van der Waals surface area contributed by atoms with Crippen LogP contribution in [0.4, 0.5) is 0 Å². The molecule has 0 aromatic heterocycles. The van der Waals surface area contributed by atoms with Gasteiger partial charge in [-0.1, -0.05) is 32.1 Å². The SMILES string of the molecule is I.NCCC1CCCCC1. The molecule has 1 saturated carbocycles. The van der Waals surface area contributed by atoms with Crippen LogP contribution in [0.1, 0.15) is 38.5 Å². The lowest BCUT2D eigenvalue weighted by atomic mass is 9.87. The molecule has 0 bridgehead atoms. The molecule has 62 valence electrons. The molecule has 0 amide bonds. The number of nitrogens with two attached hydrogens (primary N) is 1. The Hall–Kier alpha value is 0.690. The largest absolute Gasteiger partial charge is 0.330 e. The van der Waals surface area contributed by atoms with Gasteiger partial charge in [0.15, 0.2) is 0 Å². The molecule has 0 heterocycles. The molecule has 0 saturated heterocycles. The lowest BCUT2D eigenvalue weighted by molar-refractivity contribution is 0.343. The van der Waals surface area contributed by atoms with E-state index in [1.54, 1.807) is 0 Å². The van der Waals surface area contributed by atoms with Gasteiger partial charge in [0.1, 0.15) is 0 Å². The normalized spacial score (nSPS) is 20.1. The summed E-state index contributed by atoms with van der Waals surface area (Å²) in [6.45, 7) is 0.894. The zero-order valence-electron chi connectivity index (χ0n) is 6.51. The molecule has 0 spiro atoms. The Morgan fingerprint density at radius 3 is 2.20 bits per heavy atom. The first-order chi connectivity index (χ1) is 4.43. The van der Waals surface area contributed by atoms with Gasteiger partial charge in [-0.25, -0.2) is 0 Å². The zero-order chi connectivity index (χ0) is 6.53. The van der Waals surface area contributed by atoms with Crippen LogP contribution in [0.5, 0.6) is 0 Å². The molecule has 2 heteroatoms. The second-order valence-corrected chi connectivity index (χ2v) is 3.08. The van der Waals surface area contributed by atoms with Crippen LogP contribution in [0.15, 0.2) is 0 Å². The minimum atomic E-state index is 0. The summed E-state index contributed by atoms with van der Waals surface area (Å²) < 4.78 is 0. The zero-order valence-corrected chi connectivity index (χ0v) is 8.84. The predicted octanol–water partition coefficient (Wildman–Crippen LogP) is 2.53. The molecule has 1 nitrogen and oxygen atoms in total. The average molecular weight is 255 g/mol. The van der Waals surface area contributed by atoms with Crippen LogP contribution in [0.3, 0.4) is 0 Å². The molecule has 2 N–H and O–H groups in total. The first kappa shape index (κ1) is 10.7. The fourth-order valence-electron chi connectivity index (χ4n) is 1.71. The number of halogens is 1. The van der Waals surface area contributed by atoms with Crippen LogP contribution >= 0.6 is 24.0 Å². The maximum Gasteiger partial charge on any atom is -0.00746 e. The summed E-state index contributed by atoms with van der Waals surface area (Å²) >= 11 is 0. The summed E-state index contributed by atoms with van der Waals surface area (Å²) in [6, 6.07) is 0. The standard InChI is InChI=1S/C8H17N.HI/c9-7-6-8-4-2-1-3-5-8;/h8H,1-7,9H2;1H. The topological polar surface area (TPSA) is 26.0 Å². The molecule has 1 fully saturated rings. The van der Waals surface area contributed by atoms with Crippen molar-refractivity contribution in [2.75, 3.05) is 6.54 Å². The van der Waals surface area contributed by atoms with Crippen molar-refractivity contribution in [3.8, 4) is 0 Å². The predicted molar refractivity (Wildman–Crippen MR) is 55.7 cm³/mol. The van der Waals surface area contributed by atoms with E-state index in [4.69, 9.17) is 5.73 Å². The highest BCUT2D eigenvalue weighted by Gasteiger charge is 2.11. The van der Waals surface area contributed by atoms with Gasteiger partial charge in [-0.05, 0) is 18.9 Å². The van der Waals surface area contributed by atoms with Crippen LogP contribution in [0.2, 0.25) is 0 Å². The van der Waals surface area contributed by atoms with E-state index < -0.39 is 0 Å². The molecule has 0 aromatic carbocycles.